The highest BCUT2D eigenvalue weighted by atomic mass is 16.3. The third-order valence-electron chi connectivity index (χ3n) is 9.68. The summed E-state index contributed by atoms with van der Waals surface area (Å²) in [4.78, 5) is 56.3. The maximum absolute atomic E-state index is 14.1. The lowest BCUT2D eigenvalue weighted by molar-refractivity contribution is -0.153. The van der Waals surface area contributed by atoms with Gasteiger partial charge in [0.2, 0.25) is 5.78 Å². The minimum absolute atomic E-state index is 0.0106. The van der Waals surface area contributed by atoms with Crippen LogP contribution in [0.25, 0.3) is 5.76 Å². The van der Waals surface area contributed by atoms with Crippen molar-refractivity contribution >= 4 is 29.1 Å². The second-order valence-electron chi connectivity index (χ2n) is 12.8. The molecule has 1 aliphatic heterocycles. The number of phenolic OH excluding ortho intramolecular Hbond substituents is 1. The summed E-state index contributed by atoms with van der Waals surface area (Å²) in [5.74, 6) is -7.13. The fraction of sp³-hybridized carbons (Fsp3) is 0.548. The Balaban J connectivity index is 1.70. The van der Waals surface area contributed by atoms with Crippen LogP contribution in [0.15, 0.2) is 23.0 Å². The Morgan fingerprint density at radius 2 is 1.74 bits per heavy atom. The standard InChI is InChI=1S/C31H39N3O8/c1-13(2)16-12-18(30(41)34-8-6-14(3)7-9-34)24(35)21-17(16)10-15-11-19-23(33(4)5)26(37)22(29(32)40)28(39)31(19,42)27(38)20(15)25(21)36/h12-15,19,23,35-36,39,42H,6-11H2,1-5H3,(H2,32,40)/t15-,19-,23-,31-/m0/s1. The van der Waals surface area contributed by atoms with E-state index in [0.29, 0.717) is 24.6 Å². The highest BCUT2D eigenvalue weighted by molar-refractivity contribution is 6.24. The molecule has 1 saturated carbocycles. The van der Waals surface area contributed by atoms with E-state index < -0.39 is 63.8 Å². The van der Waals surface area contributed by atoms with Crippen LogP contribution < -0.4 is 5.73 Å². The molecular weight excluding hydrogens is 542 g/mol. The number of nitrogens with two attached hydrogens (primary N) is 1. The Morgan fingerprint density at radius 3 is 2.29 bits per heavy atom. The summed E-state index contributed by atoms with van der Waals surface area (Å²) in [5, 5.41) is 46.0. The summed E-state index contributed by atoms with van der Waals surface area (Å²) < 4.78 is 0. The van der Waals surface area contributed by atoms with Crippen molar-refractivity contribution in [1.82, 2.24) is 9.80 Å². The van der Waals surface area contributed by atoms with Crippen molar-refractivity contribution in [3.8, 4) is 5.75 Å². The number of carbonyl (C=O) groups is 4. The van der Waals surface area contributed by atoms with Crippen LogP contribution in [0.4, 0.5) is 0 Å². The molecule has 1 saturated heterocycles. The van der Waals surface area contributed by atoms with Crippen LogP contribution in [-0.2, 0) is 20.8 Å². The first kappa shape index (κ1) is 29.8. The normalized spacial score (nSPS) is 28.3. The van der Waals surface area contributed by atoms with Crippen molar-refractivity contribution in [3.05, 3.63) is 45.2 Å². The average Bonchev–Trinajstić information content (AvgIpc) is 2.90. The van der Waals surface area contributed by atoms with E-state index >= 15 is 0 Å². The lowest BCUT2D eigenvalue weighted by Gasteiger charge is -2.50. The number of phenols is 1. The number of ketones is 2. The number of aliphatic hydroxyl groups is 3. The fourth-order valence-corrected chi connectivity index (χ4v) is 7.40. The SMILES string of the molecule is CC1CCN(C(=O)c2cc(C(C)C)c3c(c2O)C(O)=C2C(=O)[C@]4(O)C(O)=C(C(N)=O)C(=O)[C@@H](N(C)C)[C@@H]4C[C@@H]2C3)CC1. The number of primary amides is 1. The molecule has 0 aromatic heterocycles. The molecule has 226 valence electrons. The summed E-state index contributed by atoms with van der Waals surface area (Å²) in [6.07, 6.45) is 1.86. The number of aliphatic hydroxyl groups excluding tert-OH is 2. The largest absolute Gasteiger partial charge is 0.508 e. The number of piperidine rings is 1. The minimum Gasteiger partial charge on any atom is -0.508 e. The van der Waals surface area contributed by atoms with Gasteiger partial charge in [-0.15, -0.1) is 0 Å². The smallest absolute Gasteiger partial charge is 0.257 e. The first-order valence-corrected chi connectivity index (χ1v) is 14.5. The lowest BCUT2D eigenvalue weighted by atomic mass is 9.57. The summed E-state index contributed by atoms with van der Waals surface area (Å²) in [6, 6.07) is 0.520. The molecular formula is C31H39N3O8. The zero-order chi connectivity index (χ0) is 31.0. The predicted octanol–water partition coefficient (Wildman–Crippen LogP) is 1.96. The molecule has 4 atom stereocenters. The van der Waals surface area contributed by atoms with E-state index in [0.717, 1.165) is 18.4 Å². The first-order chi connectivity index (χ1) is 19.6. The third-order valence-corrected chi connectivity index (χ3v) is 9.68. The van der Waals surface area contributed by atoms with Crippen LogP contribution in [0.2, 0.25) is 0 Å². The van der Waals surface area contributed by atoms with E-state index in [4.69, 9.17) is 5.73 Å². The molecule has 0 bridgehead atoms. The number of carbonyl (C=O) groups excluding carboxylic acids is 4. The fourth-order valence-electron chi connectivity index (χ4n) is 7.40. The van der Waals surface area contributed by atoms with Crippen LogP contribution in [-0.4, -0.2) is 92.4 Å². The number of likely N-dealkylation sites (N-methyl/N-ethyl adjacent to an activating group) is 1. The second-order valence-corrected chi connectivity index (χ2v) is 12.8. The van der Waals surface area contributed by atoms with Crippen LogP contribution in [0.3, 0.4) is 0 Å². The van der Waals surface area contributed by atoms with Gasteiger partial charge in [0.1, 0.15) is 22.8 Å². The van der Waals surface area contributed by atoms with Gasteiger partial charge >= 0.3 is 0 Å². The molecule has 4 aliphatic rings. The molecule has 1 heterocycles. The van der Waals surface area contributed by atoms with Crippen LogP contribution in [0, 0.1) is 17.8 Å². The Labute approximate surface area is 244 Å². The molecule has 1 aromatic rings. The van der Waals surface area contributed by atoms with Gasteiger partial charge < -0.3 is 31.1 Å². The zero-order valence-electron chi connectivity index (χ0n) is 24.6. The van der Waals surface area contributed by atoms with Crippen molar-refractivity contribution < 1.29 is 39.6 Å². The summed E-state index contributed by atoms with van der Waals surface area (Å²) in [7, 11) is 3.12. The molecule has 1 aromatic carbocycles. The molecule has 42 heavy (non-hydrogen) atoms. The number of rotatable bonds is 4. The van der Waals surface area contributed by atoms with Crippen molar-refractivity contribution in [2.24, 2.45) is 23.5 Å². The quantitative estimate of drug-likeness (QED) is 0.332. The monoisotopic (exact) mass is 581 g/mol. The summed E-state index contributed by atoms with van der Waals surface area (Å²) in [6.45, 7) is 7.06. The summed E-state index contributed by atoms with van der Waals surface area (Å²) >= 11 is 0. The van der Waals surface area contributed by atoms with Crippen LogP contribution in [0.1, 0.15) is 73.0 Å². The third kappa shape index (κ3) is 4.16. The van der Waals surface area contributed by atoms with Gasteiger partial charge in [-0.1, -0.05) is 20.8 Å². The van der Waals surface area contributed by atoms with Gasteiger partial charge in [-0.05, 0) is 74.7 Å². The van der Waals surface area contributed by atoms with Gasteiger partial charge in [-0.3, -0.25) is 24.1 Å². The van der Waals surface area contributed by atoms with E-state index in [-0.39, 0.29) is 41.4 Å². The molecule has 2 fully saturated rings. The first-order valence-electron chi connectivity index (χ1n) is 14.5. The molecule has 0 spiro atoms. The van der Waals surface area contributed by atoms with Crippen LogP contribution in [0.5, 0.6) is 5.75 Å². The minimum atomic E-state index is -2.71. The molecule has 5 rings (SSSR count). The molecule has 0 radical (unpaired) electrons. The molecule has 6 N–H and O–H groups in total. The topological polar surface area (TPSA) is 182 Å². The summed E-state index contributed by atoms with van der Waals surface area (Å²) in [5.41, 5.74) is 2.88. The Bertz CT molecular complexity index is 1470. The number of Topliss-reactive ketones (excluding diaryl/α,β-unsaturated/α-hetero) is 2. The second kappa shape index (κ2) is 10.2. The zero-order valence-corrected chi connectivity index (χ0v) is 24.6. The number of likely N-dealkylation sites (tertiary alicyclic amines) is 1. The van der Waals surface area contributed by atoms with E-state index in [1.54, 1.807) is 25.1 Å². The number of hydrogen-bond acceptors (Lipinski definition) is 9. The van der Waals surface area contributed by atoms with Crippen molar-refractivity contribution in [2.45, 2.75) is 64.0 Å². The Morgan fingerprint density at radius 1 is 1.12 bits per heavy atom. The molecule has 0 unspecified atom stereocenters. The number of benzene rings is 1. The van der Waals surface area contributed by atoms with Crippen molar-refractivity contribution in [3.63, 3.8) is 0 Å². The van der Waals surface area contributed by atoms with Gasteiger partial charge in [0, 0.05) is 24.6 Å². The highest BCUT2D eigenvalue weighted by Gasteiger charge is 2.64. The Kier molecular flexibility index (Phi) is 7.26. The number of nitrogens with zero attached hydrogens (tertiary/aromatic N) is 2. The molecule has 11 heteroatoms. The molecule has 3 aliphatic carbocycles. The van der Waals surface area contributed by atoms with Crippen molar-refractivity contribution in [2.75, 3.05) is 27.2 Å². The van der Waals surface area contributed by atoms with Crippen molar-refractivity contribution in [1.29, 1.82) is 0 Å². The lowest BCUT2D eigenvalue weighted by Crippen LogP contribution is -2.65. The van der Waals surface area contributed by atoms with Gasteiger partial charge in [-0.2, -0.15) is 0 Å². The highest BCUT2D eigenvalue weighted by Crippen LogP contribution is 2.53. The van der Waals surface area contributed by atoms with Gasteiger partial charge in [0.05, 0.1) is 17.2 Å². The van der Waals surface area contributed by atoms with E-state index in [1.165, 1.54) is 4.90 Å². The predicted molar refractivity (Wildman–Crippen MR) is 153 cm³/mol. The van der Waals surface area contributed by atoms with E-state index in [9.17, 15) is 39.6 Å². The van der Waals surface area contributed by atoms with E-state index in [1.807, 2.05) is 13.8 Å². The number of aromatic hydroxyl groups is 1. The van der Waals surface area contributed by atoms with Gasteiger partial charge in [0.25, 0.3) is 11.8 Å². The molecule has 2 amide bonds. The Hall–Kier alpha value is -3.70. The average molecular weight is 582 g/mol. The maximum atomic E-state index is 14.1. The van der Waals surface area contributed by atoms with Gasteiger partial charge in [-0.25, -0.2) is 0 Å². The van der Waals surface area contributed by atoms with Gasteiger partial charge in [0.15, 0.2) is 11.4 Å². The van der Waals surface area contributed by atoms with Crippen LogP contribution >= 0.6 is 0 Å². The number of fused-ring (bicyclic) bond motifs is 3. The number of amides is 2. The molecule has 11 nitrogen and oxygen atoms in total. The number of hydrogen-bond donors (Lipinski definition) is 5. The van der Waals surface area contributed by atoms with E-state index in [2.05, 4.69) is 6.92 Å². The maximum Gasteiger partial charge on any atom is 0.257 e.